The van der Waals surface area contributed by atoms with E-state index in [1.807, 2.05) is 12.1 Å². The van der Waals surface area contributed by atoms with Gasteiger partial charge in [-0.3, -0.25) is 9.78 Å². The summed E-state index contributed by atoms with van der Waals surface area (Å²) in [5, 5.41) is 12.6. The van der Waals surface area contributed by atoms with Gasteiger partial charge in [0.1, 0.15) is 5.82 Å². The third-order valence-corrected chi connectivity index (χ3v) is 6.61. The van der Waals surface area contributed by atoms with Gasteiger partial charge in [-0.25, -0.2) is 9.78 Å². The number of hydrogen-bond donors (Lipinski definition) is 2. The van der Waals surface area contributed by atoms with E-state index in [0.29, 0.717) is 37.0 Å². The first-order chi connectivity index (χ1) is 16.9. The van der Waals surface area contributed by atoms with E-state index in [9.17, 15) is 19.4 Å². The average molecular weight is 473 g/mol. The number of unbranched alkanes of at least 4 members (excludes halogenated alkanes) is 2. The van der Waals surface area contributed by atoms with Crippen LogP contribution in [0.2, 0.25) is 6.82 Å². The van der Waals surface area contributed by atoms with Crippen molar-refractivity contribution in [2.45, 2.75) is 44.3 Å². The van der Waals surface area contributed by atoms with Crippen molar-refractivity contribution in [1.29, 1.82) is 0 Å². The quantitative estimate of drug-likeness (QED) is 0.231. The van der Waals surface area contributed by atoms with Crippen LogP contribution in [0.15, 0.2) is 30.6 Å². The molecule has 0 aromatic carbocycles. The maximum atomic E-state index is 13.1. The third kappa shape index (κ3) is 5.06. The minimum Gasteiger partial charge on any atom is -0.465 e. The van der Waals surface area contributed by atoms with Crippen LogP contribution < -0.4 is 5.32 Å². The van der Waals surface area contributed by atoms with Crippen LogP contribution in [-0.2, 0) is 32.6 Å². The Kier molecular flexibility index (Phi) is 7.47. The minimum atomic E-state index is -0.782. The van der Waals surface area contributed by atoms with Crippen LogP contribution in [0.25, 0.3) is 6.08 Å². The third-order valence-electron chi connectivity index (χ3n) is 6.61. The van der Waals surface area contributed by atoms with Gasteiger partial charge in [-0.2, -0.15) is 0 Å². The molecule has 4 rings (SSSR count). The molecule has 1 spiro atoms. The van der Waals surface area contributed by atoms with E-state index < -0.39 is 18.4 Å². The van der Waals surface area contributed by atoms with Crippen LogP contribution in [0, 0.1) is 0 Å². The lowest BCUT2D eigenvalue weighted by Crippen LogP contribution is -2.41. The van der Waals surface area contributed by atoms with Crippen molar-refractivity contribution < 1.29 is 24.1 Å². The number of allylic oxidation sites excluding steroid dienone is 1. The SMILES string of the molecule is COC(=O)c1cnc2c(c1)C[C@@]1(C2)C(=O)Nc2ncc(/C=C/CCCCN([B]C=O)B(C)O)cc21. The fourth-order valence-corrected chi connectivity index (χ4v) is 4.73. The molecule has 0 bridgehead atoms. The number of nitrogens with one attached hydrogen (secondary N) is 1. The van der Waals surface area contributed by atoms with E-state index in [-0.39, 0.29) is 5.91 Å². The van der Waals surface area contributed by atoms with Crippen molar-refractivity contribution in [3.63, 3.8) is 0 Å². The van der Waals surface area contributed by atoms with Crippen molar-refractivity contribution in [2.75, 3.05) is 19.0 Å². The normalized spacial score (nSPS) is 18.0. The van der Waals surface area contributed by atoms with Crippen LogP contribution >= 0.6 is 0 Å². The summed E-state index contributed by atoms with van der Waals surface area (Å²) < 4.78 is 6.40. The molecule has 2 N–H and O–H groups in total. The lowest BCUT2D eigenvalue weighted by Gasteiger charge is -2.20. The second-order valence-corrected chi connectivity index (χ2v) is 8.93. The van der Waals surface area contributed by atoms with Crippen molar-refractivity contribution in [3.05, 3.63) is 58.6 Å². The summed E-state index contributed by atoms with van der Waals surface area (Å²) in [5.74, 6) is 0.0124. The van der Waals surface area contributed by atoms with Gasteiger partial charge in [0.15, 0.2) is 0 Å². The fourth-order valence-electron chi connectivity index (χ4n) is 4.73. The van der Waals surface area contributed by atoms with Gasteiger partial charge >= 0.3 is 13.0 Å². The molecule has 9 nitrogen and oxygen atoms in total. The molecule has 0 fully saturated rings. The first-order valence-electron chi connectivity index (χ1n) is 11.6. The zero-order valence-corrected chi connectivity index (χ0v) is 19.9. The van der Waals surface area contributed by atoms with Gasteiger partial charge in [-0.05, 0) is 62.3 Å². The molecule has 2 aromatic heterocycles. The highest BCUT2D eigenvalue weighted by atomic mass is 16.5. The van der Waals surface area contributed by atoms with Crippen LogP contribution in [0.5, 0.6) is 0 Å². The number of fused-ring (bicyclic) bond motifs is 3. The Hall–Kier alpha value is -3.30. The largest absolute Gasteiger partial charge is 0.465 e. The van der Waals surface area contributed by atoms with Gasteiger partial charge in [-0.15, -0.1) is 0 Å². The second kappa shape index (κ2) is 10.5. The summed E-state index contributed by atoms with van der Waals surface area (Å²) in [7, 11) is 1.99. The predicted octanol–water partition coefficient (Wildman–Crippen LogP) is 1.66. The van der Waals surface area contributed by atoms with E-state index in [4.69, 9.17) is 4.74 Å². The van der Waals surface area contributed by atoms with Gasteiger partial charge in [0.2, 0.25) is 5.91 Å². The van der Waals surface area contributed by atoms with Crippen molar-refractivity contribution >= 4 is 44.4 Å². The maximum Gasteiger partial charge on any atom is 0.364 e. The molecule has 35 heavy (non-hydrogen) atoms. The number of pyridine rings is 2. The molecule has 1 aliphatic heterocycles. The van der Waals surface area contributed by atoms with E-state index >= 15 is 0 Å². The van der Waals surface area contributed by atoms with Crippen molar-refractivity contribution in [2.24, 2.45) is 0 Å². The number of methoxy groups -OCH3 is 1. The molecule has 179 valence electrons. The van der Waals surface area contributed by atoms with E-state index in [2.05, 4.69) is 21.4 Å². The number of nitrogens with zero attached hydrogens (tertiary/aromatic N) is 3. The molecule has 2 aromatic rings. The van der Waals surface area contributed by atoms with E-state index in [1.54, 1.807) is 23.8 Å². The van der Waals surface area contributed by atoms with Crippen LogP contribution in [0.4, 0.5) is 5.82 Å². The number of rotatable bonds is 10. The van der Waals surface area contributed by atoms with Gasteiger partial charge in [0, 0.05) is 30.1 Å². The van der Waals surface area contributed by atoms with Crippen LogP contribution in [0.1, 0.15) is 52.0 Å². The lowest BCUT2D eigenvalue weighted by molar-refractivity contribution is -0.120. The Bertz CT molecular complexity index is 1170. The molecule has 2 aliphatic rings. The molecular weight excluding hydrogens is 446 g/mol. The zero-order chi connectivity index (χ0) is 25.0. The molecule has 0 unspecified atom stereocenters. The molecule has 11 heteroatoms. The van der Waals surface area contributed by atoms with Gasteiger partial charge < -0.3 is 24.6 Å². The molecule has 1 atom stereocenters. The number of anilines is 1. The standard InChI is InChI=1S/C24H27B2N4O5/c1-26(34)30(25-15-31)8-6-4-3-5-7-16-9-19-21(28-13-16)29-23(33)24(19)11-17-10-18(22(32)35-2)14-27-20(17)12-24/h5,7,9-10,13-15,34H,3-4,6,8,11-12H2,1-2H3,(H,28,29,33)/b7-5+/t24-/m0/s1. The Morgan fingerprint density at radius 1 is 1.31 bits per heavy atom. The minimum absolute atomic E-state index is 0.103. The number of hydrogen-bond acceptors (Lipinski definition) is 8. The van der Waals surface area contributed by atoms with Gasteiger partial charge in [0.05, 0.1) is 24.3 Å². The molecular formula is C24H27B2N4O5. The summed E-state index contributed by atoms with van der Waals surface area (Å²) in [5.41, 5.74) is 3.01. The van der Waals surface area contributed by atoms with Crippen LogP contribution in [-0.4, -0.2) is 65.9 Å². The Morgan fingerprint density at radius 3 is 2.89 bits per heavy atom. The molecule has 1 radical (unpaired) electrons. The topological polar surface area (TPSA) is 122 Å². The zero-order valence-electron chi connectivity index (χ0n) is 19.9. The molecule has 1 amide bonds. The monoisotopic (exact) mass is 473 g/mol. The van der Waals surface area contributed by atoms with Crippen molar-refractivity contribution in [1.82, 2.24) is 14.7 Å². The second-order valence-electron chi connectivity index (χ2n) is 8.93. The summed E-state index contributed by atoms with van der Waals surface area (Å²) in [6.07, 6.45) is 11.4. The Balaban J connectivity index is 1.43. The molecule has 0 saturated carbocycles. The first-order valence-corrected chi connectivity index (χ1v) is 11.6. The summed E-state index contributed by atoms with van der Waals surface area (Å²) in [4.78, 5) is 44.5. The highest BCUT2D eigenvalue weighted by Crippen LogP contribution is 2.46. The fraction of sp³-hybridized carbons (Fsp3) is 0.375. The van der Waals surface area contributed by atoms with Gasteiger partial charge in [-0.1, -0.05) is 12.2 Å². The molecule has 1 aliphatic carbocycles. The smallest absolute Gasteiger partial charge is 0.364 e. The molecule has 0 saturated heterocycles. The molecule has 3 heterocycles. The summed E-state index contributed by atoms with van der Waals surface area (Å²) >= 11 is 0. The lowest BCUT2D eigenvalue weighted by atomic mass is 9.73. The van der Waals surface area contributed by atoms with E-state index in [0.717, 1.165) is 41.6 Å². The van der Waals surface area contributed by atoms with Crippen LogP contribution in [0.3, 0.4) is 0 Å². The number of carbonyl (C=O) groups is 3. The first kappa shape index (κ1) is 24.8. The summed E-state index contributed by atoms with van der Waals surface area (Å²) in [6, 6.07) is 3.76. The predicted molar refractivity (Wildman–Crippen MR) is 133 cm³/mol. The number of amides is 1. The maximum absolute atomic E-state index is 13.1. The highest BCUT2D eigenvalue weighted by molar-refractivity contribution is 6.73. The Morgan fingerprint density at radius 2 is 2.14 bits per heavy atom. The number of carbonyl (C=O) groups excluding carboxylic acids is 3. The summed E-state index contributed by atoms with van der Waals surface area (Å²) in [6.45, 7) is 2.23. The number of aromatic nitrogens is 2. The number of esters is 1. The Labute approximate surface area is 205 Å². The number of ether oxygens (including phenoxy) is 1. The van der Waals surface area contributed by atoms with Crippen molar-refractivity contribution in [3.8, 4) is 0 Å². The van der Waals surface area contributed by atoms with Gasteiger partial charge in [0.25, 0.3) is 7.41 Å². The average Bonchev–Trinajstić information content (AvgIpc) is 3.36. The highest BCUT2D eigenvalue weighted by Gasteiger charge is 2.52. The van der Waals surface area contributed by atoms with E-state index in [1.165, 1.54) is 20.7 Å².